The van der Waals surface area contributed by atoms with Gasteiger partial charge in [0.2, 0.25) is 0 Å². The number of likely N-dealkylation sites (N-methyl/N-ethyl adjacent to an activating group) is 1. The number of hydrogen-bond donors (Lipinski definition) is 0. The molecule has 2 aromatic rings. The molecule has 0 spiro atoms. The van der Waals surface area contributed by atoms with Crippen molar-refractivity contribution in [3.05, 3.63) is 66.8 Å². The van der Waals surface area contributed by atoms with Gasteiger partial charge in [0.05, 0.1) is 11.4 Å². The lowest BCUT2D eigenvalue weighted by Crippen LogP contribution is -2.48. The molecule has 0 aliphatic carbocycles. The first-order valence-corrected chi connectivity index (χ1v) is 13.5. The van der Waals surface area contributed by atoms with Crippen LogP contribution < -0.4 is 10.5 Å². The molecule has 7 nitrogen and oxygen atoms in total. The summed E-state index contributed by atoms with van der Waals surface area (Å²) in [6.07, 6.45) is 1.80. The van der Waals surface area contributed by atoms with E-state index < -0.39 is 0 Å². The van der Waals surface area contributed by atoms with Crippen LogP contribution in [0.4, 0.5) is 5.82 Å². The largest absolute Gasteiger partial charge is 0.355 e. The molecule has 188 valence electrons. The molecule has 0 N–H and O–H groups in total. The van der Waals surface area contributed by atoms with Crippen LogP contribution in [-0.4, -0.2) is 57.3 Å². The first-order chi connectivity index (χ1) is 17.3. The summed E-state index contributed by atoms with van der Waals surface area (Å²) >= 11 is 13.1. The Labute approximate surface area is 225 Å². The van der Waals surface area contributed by atoms with E-state index in [-0.39, 0.29) is 23.6 Å². The quantitative estimate of drug-likeness (QED) is 0.400. The van der Waals surface area contributed by atoms with E-state index in [1.165, 1.54) is 11.8 Å². The van der Waals surface area contributed by atoms with E-state index in [0.29, 0.717) is 26.4 Å². The van der Waals surface area contributed by atoms with Crippen LogP contribution in [0.2, 0.25) is 5.02 Å². The third kappa shape index (κ3) is 4.96. The number of anilines is 1. The number of rotatable bonds is 6. The minimum atomic E-state index is -0.297. The second-order valence-electron chi connectivity index (χ2n) is 8.68. The van der Waals surface area contributed by atoms with Crippen molar-refractivity contribution in [3.63, 3.8) is 0 Å². The van der Waals surface area contributed by atoms with Crippen LogP contribution in [0.25, 0.3) is 6.08 Å². The van der Waals surface area contributed by atoms with Crippen molar-refractivity contribution in [2.45, 2.75) is 33.9 Å². The fourth-order valence-corrected chi connectivity index (χ4v) is 6.05. The average molecular weight is 542 g/mol. The standard InChI is InChI=1S/C26H28ClN5O2S2/c1-4-29-10-12-30(13-11-29)23-19(17(3)20(15-28)24(33)31(23)5-2)14-22-25(34)32(26(35)36-22)16-18-8-6-7-9-21(18)27/h6-9,14H,4-5,10-13,16H2,1-3H3. The van der Waals surface area contributed by atoms with Gasteiger partial charge in [0, 0.05) is 43.3 Å². The number of thiocarbonyl (C=S) groups is 1. The van der Waals surface area contributed by atoms with Gasteiger partial charge in [-0.15, -0.1) is 0 Å². The molecule has 0 saturated carbocycles. The number of pyridine rings is 1. The number of amides is 1. The maximum absolute atomic E-state index is 13.4. The summed E-state index contributed by atoms with van der Waals surface area (Å²) in [5.41, 5.74) is 1.92. The van der Waals surface area contributed by atoms with Crippen LogP contribution in [0.1, 0.15) is 36.1 Å². The molecular formula is C26H28ClN5O2S2. The van der Waals surface area contributed by atoms with Crippen LogP contribution in [0.3, 0.4) is 0 Å². The Balaban J connectivity index is 1.79. The molecule has 1 aromatic heterocycles. The minimum absolute atomic E-state index is 0.102. The zero-order chi connectivity index (χ0) is 26.0. The topological polar surface area (TPSA) is 72.6 Å². The summed E-state index contributed by atoms with van der Waals surface area (Å²) in [5.74, 6) is 0.546. The maximum Gasteiger partial charge on any atom is 0.270 e. The molecule has 2 saturated heterocycles. The van der Waals surface area contributed by atoms with E-state index in [4.69, 9.17) is 23.8 Å². The van der Waals surface area contributed by atoms with Crippen molar-refractivity contribution >= 4 is 57.7 Å². The predicted molar refractivity (Wildman–Crippen MR) is 150 cm³/mol. The molecule has 10 heteroatoms. The predicted octanol–water partition coefficient (Wildman–Crippen LogP) is 4.25. The molecule has 1 aromatic carbocycles. The molecule has 4 rings (SSSR count). The third-order valence-corrected chi connectivity index (χ3v) is 8.46. The van der Waals surface area contributed by atoms with E-state index in [1.807, 2.05) is 25.1 Å². The summed E-state index contributed by atoms with van der Waals surface area (Å²) in [6.45, 7) is 10.8. The van der Waals surface area contributed by atoms with Crippen LogP contribution in [0, 0.1) is 18.3 Å². The number of benzene rings is 1. The Morgan fingerprint density at radius 1 is 1.14 bits per heavy atom. The van der Waals surface area contributed by atoms with Crippen molar-refractivity contribution < 1.29 is 4.79 Å². The lowest BCUT2D eigenvalue weighted by atomic mass is 10.0. The lowest BCUT2D eigenvalue weighted by molar-refractivity contribution is -0.122. The number of piperazine rings is 1. The van der Waals surface area contributed by atoms with E-state index in [1.54, 1.807) is 28.5 Å². The molecular weight excluding hydrogens is 514 g/mol. The molecule has 0 unspecified atom stereocenters. The number of nitriles is 1. The van der Waals surface area contributed by atoms with Gasteiger partial charge in [-0.2, -0.15) is 5.26 Å². The Bertz CT molecular complexity index is 1340. The van der Waals surface area contributed by atoms with Crippen molar-refractivity contribution in [2.24, 2.45) is 0 Å². The van der Waals surface area contributed by atoms with Gasteiger partial charge in [-0.1, -0.05) is 60.7 Å². The second kappa shape index (κ2) is 11.2. The van der Waals surface area contributed by atoms with Gasteiger partial charge < -0.3 is 9.80 Å². The van der Waals surface area contributed by atoms with Crippen molar-refractivity contribution in [3.8, 4) is 6.07 Å². The fraction of sp³-hybridized carbons (Fsp3) is 0.385. The zero-order valence-corrected chi connectivity index (χ0v) is 23.0. The van der Waals surface area contributed by atoms with Gasteiger partial charge in [-0.25, -0.2) is 0 Å². The number of thioether (sulfide) groups is 1. The lowest BCUT2D eigenvalue weighted by Gasteiger charge is -2.37. The van der Waals surface area contributed by atoms with E-state index >= 15 is 0 Å². The summed E-state index contributed by atoms with van der Waals surface area (Å²) in [7, 11) is 0. The minimum Gasteiger partial charge on any atom is -0.355 e. The SMILES string of the molecule is CCN1CCN(c2c(C=C3SC(=S)N(Cc4ccccc4Cl)C3=O)c(C)c(C#N)c(=O)n2CC)CC1. The molecule has 3 heterocycles. The molecule has 2 fully saturated rings. The normalized spacial score (nSPS) is 17.8. The summed E-state index contributed by atoms with van der Waals surface area (Å²) in [4.78, 5) is 33.2. The highest BCUT2D eigenvalue weighted by molar-refractivity contribution is 8.26. The first-order valence-electron chi connectivity index (χ1n) is 11.9. The van der Waals surface area contributed by atoms with Crippen molar-refractivity contribution in [2.75, 3.05) is 37.6 Å². The molecule has 0 bridgehead atoms. The molecule has 0 atom stereocenters. The third-order valence-electron chi connectivity index (χ3n) is 6.72. The molecule has 36 heavy (non-hydrogen) atoms. The summed E-state index contributed by atoms with van der Waals surface area (Å²) in [6, 6.07) is 9.47. The Morgan fingerprint density at radius 2 is 1.83 bits per heavy atom. The molecule has 1 amide bonds. The fourth-order valence-electron chi connectivity index (χ4n) is 4.62. The molecule has 2 aliphatic heterocycles. The van der Waals surface area contributed by atoms with Crippen LogP contribution >= 0.6 is 35.6 Å². The highest BCUT2D eigenvalue weighted by atomic mass is 35.5. The maximum atomic E-state index is 13.4. The van der Waals surface area contributed by atoms with E-state index in [0.717, 1.165) is 49.7 Å². The number of halogens is 1. The average Bonchev–Trinajstić information content (AvgIpc) is 3.14. The molecule has 2 aliphatic rings. The number of carbonyl (C=O) groups is 1. The Kier molecular flexibility index (Phi) is 8.20. The number of hydrogen-bond acceptors (Lipinski definition) is 7. The zero-order valence-electron chi connectivity index (χ0n) is 20.6. The van der Waals surface area contributed by atoms with Gasteiger partial charge in [0.25, 0.3) is 11.5 Å². The Hall–Kier alpha value is -2.64. The van der Waals surface area contributed by atoms with Gasteiger partial charge in [-0.3, -0.25) is 19.1 Å². The van der Waals surface area contributed by atoms with Crippen molar-refractivity contribution in [1.29, 1.82) is 5.26 Å². The monoisotopic (exact) mass is 541 g/mol. The highest BCUT2D eigenvalue weighted by Gasteiger charge is 2.34. The number of carbonyl (C=O) groups excluding carboxylic acids is 1. The van der Waals surface area contributed by atoms with Gasteiger partial charge in [0.1, 0.15) is 21.8 Å². The summed E-state index contributed by atoms with van der Waals surface area (Å²) < 4.78 is 2.11. The van der Waals surface area contributed by atoms with E-state index in [9.17, 15) is 14.9 Å². The second-order valence-corrected chi connectivity index (χ2v) is 10.8. The Morgan fingerprint density at radius 3 is 2.44 bits per heavy atom. The van der Waals surface area contributed by atoms with Crippen LogP contribution in [-0.2, 0) is 17.9 Å². The first kappa shape index (κ1) is 26.4. The summed E-state index contributed by atoms with van der Waals surface area (Å²) in [5, 5.41) is 10.4. The van der Waals surface area contributed by atoms with Gasteiger partial charge in [0.15, 0.2) is 0 Å². The van der Waals surface area contributed by atoms with Crippen LogP contribution in [0.15, 0.2) is 34.0 Å². The number of aromatic nitrogens is 1. The van der Waals surface area contributed by atoms with E-state index in [2.05, 4.69) is 22.8 Å². The van der Waals surface area contributed by atoms with Crippen molar-refractivity contribution in [1.82, 2.24) is 14.4 Å². The molecule has 0 radical (unpaired) electrons. The smallest absolute Gasteiger partial charge is 0.270 e. The van der Waals surface area contributed by atoms with Gasteiger partial charge >= 0.3 is 0 Å². The highest BCUT2D eigenvalue weighted by Crippen LogP contribution is 2.37. The van der Waals surface area contributed by atoms with Crippen LogP contribution in [0.5, 0.6) is 0 Å². The van der Waals surface area contributed by atoms with Gasteiger partial charge in [-0.05, 0) is 43.7 Å². The number of nitrogens with zero attached hydrogens (tertiary/aromatic N) is 5.